The van der Waals surface area contributed by atoms with Gasteiger partial charge in [-0.2, -0.15) is 0 Å². The molecule has 210 valence electrons. The number of carbonyl (C=O) groups excluding carboxylic acids is 2. The van der Waals surface area contributed by atoms with Crippen LogP contribution in [0.15, 0.2) is 41.7 Å². The average Bonchev–Trinajstić information content (AvgIpc) is 2.90. The molecule has 0 saturated carbocycles. The summed E-state index contributed by atoms with van der Waals surface area (Å²) in [4.78, 5) is 25.1. The second kappa shape index (κ2) is 13.0. The van der Waals surface area contributed by atoms with Crippen LogP contribution in [0.5, 0.6) is 11.5 Å². The van der Waals surface area contributed by atoms with Crippen molar-refractivity contribution >= 4 is 11.9 Å². The van der Waals surface area contributed by atoms with E-state index in [4.69, 9.17) is 23.7 Å². The number of carbonyl (C=O) groups is 2. The van der Waals surface area contributed by atoms with Crippen LogP contribution >= 0.6 is 0 Å². The van der Waals surface area contributed by atoms with Gasteiger partial charge in [-0.25, -0.2) is 4.79 Å². The zero-order valence-electron chi connectivity index (χ0n) is 20.8. The highest BCUT2D eigenvalue weighted by molar-refractivity contribution is 5.90. The van der Waals surface area contributed by atoms with E-state index in [2.05, 4.69) is 0 Å². The Morgan fingerprint density at radius 3 is 2.45 bits per heavy atom. The predicted molar refractivity (Wildman–Crippen MR) is 126 cm³/mol. The number of ether oxygens (including phenoxy) is 5. The summed E-state index contributed by atoms with van der Waals surface area (Å²) in [6.45, 7) is 0.912. The summed E-state index contributed by atoms with van der Waals surface area (Å²) in [5.74, 6) is -2.89. The van der Waals surface area contributed by atoms with Crippen LogP contribution in [0.1, 0.15) is 18.9 Å². The fourth-order valence-corrected chi connectivity index (χ4v) is 4.16. The summed E-state index contributed by atoms with van der Waals surface area (Å²) in [5, 5.41) is 58.8. The highest BCUT2D eigenvalue weighted by atomic mass is 16.8. The molecular weight excluding hydrogens is 508 g/mol. The van der Waals surface area contributed by atoms with E-state index in [1.54, 1.807) is 19.1 Å². The first-order chi connectivity index (χ1) is 18.1. The van der Waals surface area contributed by atoms with Gasteiger partial charge in [0, 0.05) is 17.9 Å². The summed E-state index contributed by atoms with van der Waals surface area (Å²) in [6, 6.07) is 4.23. The van der Waals surface area contributed by atoms with E-state index < -0.39 is 61.5 Å². The largest absolute Gasteiger partial charge is 0.504 e. The molecule has 7 atom stereocenters. The van der Waals surface area contributed by atoms with E-state index in [0.717, 1.165) is 13.4 Å². The number of esters is 2. The number of phenols is 2. The van der Waals surface area contributed by atoms with Crippen molar-refractivity contribution in [1.82, 2.24) is 0 Å². The molecule has 1 fully saturated rings. The Hall–Kier alpha value is -3.20. The highest BCUT2D eigenvalue weighted by Gasteiger charge is 2.46. The average molecular weight is 541 g/mol. The van der Waals surface area contributed by atoms with Crippen molar-refractivity contribution in [2.45, 2.75) is 56.8 Å². The number of phenolic OH excluding ortho intramolecular Hbond substituents is 2. The number of aromatic hydroxyl groups is 2. The lowest BCUT2D eigenvalue weighted by Gasteiger charge is -2.41. The van der Waals surface area contributed by atoms with Gasteiger partial charge in [0.15, 0.2) is 17.8 Å². The zero-order valence-corrected chi connectivity index (χ0v) is 20.8. The minimum atomic E-state index is -1.69. The lowest BCUT2D eigenvalue weighted by molar-refractivity contribution is -0.327. The third kappa shape index (κ3) is 6.62. The lowest BCUT2D eigenvalue weighted by atomic mass is 9.86. The van der Waals surface area contributed by atoms with Gasteiger partial charge in [-0.05, 0) is 24.6 Å². The quantitative estimate of drug-likeness (QED) is 0.131. The number of rotatable bonds is 9. The van der Waals surface area contributed by atoms with E-state index in [1.807, 2.05) is 0 Å². The van der Waals surface area contributed by atoms with Crippen molar-refractivity contribution in [2.24, 2.45) is 5.92 Å². The van der Waals surface area contributed by atoms with Crippen LogP contribution in [0, 0.1) is 5.92 Å². The summed E-state index contributed by atoms with van der Waals surface area (Å²) in [7, 11) is 1.16. The van der Waals surface area contributed by atoms with E-state index in [0.29, 0.717) is 11.1 Å². The van der Waals surface area contributed by atoms with Crippen LogP contribution in [-0.2, 0) is 39.7 Å². The van der Waals surface area contributed by atoms with Gasteiger partial charge < -0.3 is 54.3 Å². The van der Waals surface area contributed by atoms with Gasteiger partial charge in [-0.15, -0.1) is 0 Å². The van der Waals surface area contributed by atoms with E-state index >= 15 is 0 Å². The maximum atomic E-state index is 12.7. The van der Waals surface area contributed by atoms with E-state index in [1.165, 1.54) is 12.1 Å². The molecule has 13 heteroatoms. The molecule has 0 aromatic heterocycles. The first kappa shape index (κ1) is 29.4. The van der Waals surface area contributed by atoms with Crippen molar-refractivity contribution in [2.75, 3.05) is 20.3 Å². The van der Waals surface area contributed by atoms with Gasteiger partial charge in [-0.1, -0.05) is 12.1 Å². The van der Waals surface area contributed by atoms with Gasteiger partial charge in [0.05, 0.1) is 38.6 Å². The van der Waals surface area contributed by atoms with Crippen molar-refractivity contribution in [3.8, 4) is 11.5 Å². The number of hydrogen-bond donors (Lipinski definition) is 6. The summed E-state index contributed by atoms with van der Waals surface area (Å²) in [5.41, 5.74) is 0.927. The maximum absolute atomic E-state index is 12.7. The normalized spacial score (nSPS) is 30.3. The summed E-state index contributed by atoms with van der Waals surface area (Å²) < 4.78 is 26.7. The Balaban J connectivity index is 1.71. The van der Waals surface area contributed by atoms with Crippen molar-refractivity contribution in [1.29, 1.82) is 0 Å². The van der Waals surface area contributed by atoms with Crippen LogP contribution in [0.25, 0.3) is 0 Å². The topological polar surface area (TPSA) is 202 Å². The Bertz CT molecular complexity index is 1050. The molecule has 2 aliphatic rings. The number of benzene rings is 1. The standard InChI is InChI=1S/C25H32O13/c1-3-13-14(9-19(29)35-7-6-12-4-5-16(27)17(28)8-12)15(23(33)34-2)11-36-24(13)38-25-22(32)21(31)20(30)18(10-26)37-25/h3-5,8,11,14,18,20-22,24-28,30-32H,6-7,9-10H2,1-2H3/b13-3+/t14-,18-,20-,21+,22-,24?,25+/m0/s1. The first-order valence-electron chi connectivity index (χ1n) is 11.8. The third-order valence-electron chi connectivity index (χ3n) is 6.29. The molecule has 2 heterocycles. The van der Waals surface area contributed by atoms with Gasteiger partial charge in [0.25, 0.3) is 0 Å². The molecule has 0 radical (unpaired) electrons. The molecule has 1 unspecified atom stereocenters. The SMILES string of the molecule is C/C=C1/C(O[C@H]2O[C@@H](CO)[C@H](O)[C@@H](O)[C@@H]2O)OC=C(C(=O)OC)[C@H]1CC(=O)OCCc1ccc(O)c(O)c1. The maximum Gasteiger partial charge on any atom is 0.337 e. The summed E-state index contributed by atoms with van der Waals surface area (Å²) >= 11 is 0. The van der Waals surface area contributed by atoms with Gasteiger partial charge in [0.2, 0.25) is 6.29 Å². The lowest BCUT2D eigenvalue weighted by Crippen LogP contribution is -2.60. The smallest absolute Gasteiger partial charge is 0.337 e. The van der Waals surface area contributed by atoms with Gasteiger partial charge >= 0.3 is 11.9 Å². The molecule has 13 nitrogen and oxygen atoms in total. The summed E-state index contributed by atoms with van der Waals surface area (Å²) in [6.07, 6.45) is -6.39. The molecule has 1 aromatic carbocycles. The molecular formula is C25H32O13. The van der Waals surface area contributed by atoms with Gasteiger partial charge in [-0.3, -0.25) is 4.79 Å². The zero-order chi connectivity index (χ0) is 28.0. The van der Waals surface area contributed by atoms with Crippen molar-refractivity contribution in [3.05, 3.63) is 47.2 Å². The van der Waals surface area contributed by atoms with Crippen LogP contribution in [-0.4, -0.2) is 99.9 Å². The molecule has 0 amide bonds. The number of aliphatic hydroxyl groups excluding tert-OH is 4. The van der Waals surface area contributed by atoms with Crippen molar-refractivity contribution in [3.63, 3.8) is 0 Å². The third-order valence-corrected chi connectivity index (χ3v) is 6.29. The molecule has 0 spiro atoms. The monoisotopic (exact) mass is 540 g/mol. The molecule has 6 N–H and O–H groups in total. The predicted octanol–water partition coefficient (Wildman–Crippen LogP) is -0.634. The second-order valence-electron chi connectivity index (χ2n) is 8.71. The number of aliphatic hydroxyl groups is 4. The molecule has 38 heavy (non-hydrogen) atoms. The first-order valence-corrected chi connectivity index (χ1v) is 11.8. The number of hydrogen-bond acceptors (Lipinski definition) is 13. The van der Waals surface area contributed by atoms with Crippen LogP contribution in [0.2, 0.25) is 0 Å². The molecule has 1 aromatic rings. The minimum Gasteiger partial charge on any atom is -0.504 e. The Kier molecular flexibility index (Phi) is 10.1. The van der Waals surface area contributed by atoms with Crippen LogP contribution in [0.4, 0.5) is 0 Å². The second-order valence-corrected chi connectivity index (χ2v) is 8.71. The Labute approximate surface area is 218 Å². The minimum absolute atomic E-state index is 0.00894. The molecule has 1 saturated heterocycles. The van der Waals surface area contributed by atoms with Crippen molar-refractivity contribution < 1.29 is 63.9 Å². The van der Waals surface area contributed by atoms with E-state index in [-0.39, 0.29) is 36.5 Å². The van der Waals surface area contributed by atoms with Gasteiger partial charge in [0.1, 0.15) is 24.4 Å². The number of methoxy groups -OCH3 is 1. The fraction of sp³-hybridized carbons (Fsp3) is 0.520. The fourth-order valence-electron chi connectivity index (χ4n) is 4.16. The van der Waals surface area contributed by atoms with Crippen LogP contribution in [0.3, 0.4) is 0 Å². The molecule has 2 aliphatic heterocycles. The number of allylic oxidation sites excluding steroid dienone is 1. The Morgan fingerprint density at radius 1 is 1.08 bits per heavy atom. The highest BCUT2D eigenvalue weighted by Crippen LogP contribution is 2.36. The van der Waals surface area contributed by atoms with Crippen LogP contribution < -0.4 is 0 Å². The van der Waals surface area contributed by atoms with E-state index in [9.17, 15) is 40.2 Å². The molecule has 0 bridgehead atoms. The molecule has 0 aliphatic carbocycles. The molecule has 3 rings (SSSR count). The Morgan fingerprint density at radius 2 is 1.82 bits per heavy atom.